The van der Waals surface area contributed by atoms with Crippen molar-refractivity contribution < 1.29 is 13.2 Å². The number of hydrogen-bond donors (Lipinski definition) is 1. The maximum Gasteiger partial charge on any atom is 0.162 e. The monoisotopic (exact) mass is 215 g/mol. The first-order valence-corrected chi connectivity index (χ1v) is 5.03. The molecule has 1 N–H and O–H groups in total. The van der Waals surface area contributed by atoms with Crippen molar-refractivity contribution >= 4 is 0 Å². The fourth-order valence-electron chi connectivity index (χ4n) is 1.95. The zero-order valence-electron chi connectivity index (χ0n) is 8.19. The molecule has 1 aliphatic heterocycles. The van der Waals surface area contributed by atoms with Crippen molar-refractivity contribution in [2.75, 3.05) is 6.54 Å². The van der Waals surface area contributed by atoms with Gasteiger partial charge in [0.25, 0.3) is 0 Å². The average molecular weight is 215 g/mol. The Morgan fingerprint density at radius 2 is 2.07 bits per heavy atom. The minimum absolute atomic E-state index is 0.118. The van der Waals surface area contributed by atoms with Gasteiger partial charge in [-0.2, -0.15) is 0 Å². The van der Waals surface area contributed by atoms with E-state index in [9.17, 15) is 13.2 Å². The molecule has 0 aromatic heterocycles. The number of nitrogens with one attached hydrogen (secondary N) is 1. The summed E-state index contributed by atoms with van der Waals surface area (Å²) in [6.07, 6.45) is 2.31. The zero-order chi connectivity index (χ0) is 10.8. The van der Waals surface area contributed by atoms with Gasteiger partial charge in [0, 0.05) is 12.1 Å². The molecule has 1 atom stereocenters. The number of halogens is 3. The van der Waals surface area contributed by atoms with E-state index in [0.717, 1.165) is 25.5 Å². The molecule has 1 nitrogen and oxygen atoms in total. The summed E-state index contributed by atoms with van der Waals surface area (Å²) >= 11 is 0. The molecule has 15 heavy (non-hydrogen) atoms. The largest absolute Gasteiger partial charge is 0.314 e. The smallest absolute Gasteiger partial charge is 0.162 e. The van der Waals surface area contributed by atoms with Crippen LogP contribution in [0, 0.1) is 17.5 Å². The van der Waals surface area contributed by atoms with E-state index in [-0.39, 0.29) is 11.6 Å². The lowest BCUT2D eigenvalue weighted by Crippen LogP contribution is -2.24. The van der Waals surface area contributed by atoms with E-state index in [1.54, 1.807) is 0 Å². The summed E-state index contributed by atoms with van der Waals surface area (Å²) in [5.41, 5.74) is 0.118. The van der Waals surface area contributed by atoms with Gasteiger partial charge in [0.15, 0.2) is 11.6 Å². The minimum Gasteiger partial charge on any atom is -0.314 e. The van der Waals surface area contributed by atoms with Gasteiger partial charge in [-0.25, -0.2) is 13.2 Å². The van der Waals surface area contributed by atoms with E-state index in [1.807, 2.05) is 0 Å². The third kappa shape index (κ3) is 2.31. The molecular weight excluding hydrogens is 203 g/mol. The Balaban J connectivity index is 2.19. The lowest BCUT2D eigenvalue weighted by Gasteiger charge is -2.11. The van der Waals surface area contributed by atoms with Crippen LogP contribution in [0.15, 0.2) is 12.1 Å². The Hall–Kier alpha value is -1.03. The average Bonchev–Trinajstić information content (AvgIpc) is 2.66. The third-order valence-corrected chi connectivity index (χ3v) is 2.70. The van der Waals surface area contributed by atoms with E-state index in [0.29, 0.717) is 12.5 Å². The third-order valence-electron chi connectivity index (χ3n) is 2.70. The lowest BCUT2D eigenvalue weighted by molar-refractivity contribution is 0.475. The molecule has 1 fully saturated rings. The van der Waals surface area contributed by atoms with Crippen LogP contribution in [0.1, 0.15) is 18.4 Å². The van der Waals surface area contributed by atoms with Crippen LogP contribution < -0.4 is 5.32 Å². The van der Waals surface area contributed by atoms with Crippen LogP contribution in [-0.2, 0) is 6.42 Å². The molecule has 0 spiro atoms. The number of benzene rings is 1. The molecule has 1 aromatic carbocycles. The predicted molar refractivity (Wildman–Crippen MR) is 51.0 cm³/mol. The van der Waals surface area contributed by atoms with Gasteiger partial charge in [0.2, 0.25) is 0 Å². The molecule has 0 amide bonds. The standard InChI is InChI=1S/C11H12F3N/c12-8-4-7(11(14)10(13)6-8)5-9-2-1-3-15-9/h4,6,9,15H,1-3,5H2. The first kappa shape index (κ1) is 10.5. The van der Waals surface area contributed by atoms with Crippen LogP contribution in [0.4, 0.5) is 13.2 Å². The quantitative estimate of drug-likeness (QED) is 0.747. The maximum absolute atomic E-state index is 13.3. The Bertz CT molecular complexity index is 359. The summed E-state index contributed by atoms with van der Waals surface area (Å²) in [5, 5.41) is 3.16. The molecule has 1 aliphatic rings. The van der Waals surface area contributed by atoms with E-state index >= 15 is 0 Å². The molecule has 1 unspecified atom stereocenters. The van der Waals surface area contributed by atoms with Gasteiger partial charge in [-0.1, -0.05) is 0 Å². The molecule has 1 aromatic rings. The predicted octanol–water partition coefficient (Wildman–Crippen LogP) is 2.40. The van der Waals surface area contributed by atoms with Crippen molar-refractivity contribution in [3.05, 3.63) is 35.1 Å². The van der Waals surface area contributed by atoms with Crippen molar-refractivity contribution in [1.29, 1.82) is 0 Å². The van der Waals surface area contributed by atoms with Gasteiger partial charge in [0.1, 0.15) is 5.82 Å². The molecule has 1 saturated heterocycles. The van der Waals surface area contributed by atoms with Crippen LogP contribution >= 0.6 is 0 Å². The number of rotatable bonds is 2. The van der Waals surface area contributed by atoms with Crippen molar-refractivity contribution in [1.82, 2.24) is 5.32 Å². The topological polar surface area (TPSA) is 12.0 Å². The second-order valence-electron chi connectivity index (χ2n) is 3.86. The van der Waals surface area contributed by atoms with Crippen molar-refractivity contribution in [2.45, 2.75) is 25.3 Å². The van der Waals surface area contributed by atoms with E-state index in [2.05, 4.69) is 5.32 Å². The van der Waals surface area contributed by atoms with Crippen LogP contribution in [0.25, 0.3) is 0 Å². The summed E-state index contributed by atoms with van der Waals surface area (Å²) in [5.74, 6) is -2.75. The Kier molecular flexibility index (Phi) is 2.95. The zero-order valence-corrected chi connectivity index (χ0v) is 8.19. The van der Waals surface area contributed by atoms with Gasteiger partial charge in [-0.3, -0.25) is 0 Å². The maximum atomic E-state index is 13.3. The summed E-state index contributed by atoms with van der Waals surface area (Å²) in [6, 6.07) is 1.78. The molecule has 0 aliphatic carbocycles. The summed E-state index contributed by atoms with van der Waals surface area (Å²) in [7, 11) is 0. The summed E-state index contributed by atoms with van der Waals surface area (Å²) in [4.78, 5) is 0. The first-order chi connectivity index (χ1) is 7.16. The highest BCUT2D eigenvalue weighted by Gasteiger charge is 2.18. The molecule has 0 bridgehead atoms. The second kappa shape index (κ2) is 4.23. The van der Waals surface area contributed by atoms with Crippen LogP contribution in [0.3, 0.4) is 0 Å². The van der Waals surface area contributed by atoms with Crippen molar-refractivity contribution in [3.63, 3.8) is 0 Å². The van der Waals surface area contributed by atoms with Gasteiger partial charge in [0.05, 0.1) is 0 Å². The van der Waals surface area contributed by atoms with Gasteiger partial charge in [-0.15, -0.1) is 0 Å². The normalized spacial score (nSPS) is 20.9. The molecule has 1 heterocycles. The van der Waals surface area contributed by atoms with Crippen molar-refractivity contribution in [2.24, 2.45) is 0 Å². The van der Waals surface area contributed by atoms with Crippen LogP contribution in [0.2, 0.25) is 0 Å². The second-order valence-corrected chi connectivity index (χ2v) is 3.86. The molecule has 0 radical (unpaired) electrons. The van der Waals surface area contributed by atoms with Crippen LogP contribution in [-0.4, -0.2) is 12.6 Å². The van der Waals surface area contributed by atoms with E-state index in [1.165, 1.54) is 0 Å². The minimum atomic E-state index is -1.11. The van der Waals surface area contributed by atoms with Crippen molar-refractivity contribution in [3.8, 4) is 0 Å². The Labute approximate surface area is 86.3 Å². The molecule has 82 valence electrons. The summed E-state index contributed by atoms with van der Waals surface area (Å²) in [6.45, 7) is 0.893. The van der Waals surface area contributed by atoms with E-state index < -0.39 is 17.5 Å². The Morgan fingerprint density at radius 1 is 1.27 bits per heavy atom. The van der Waals surface area contributed by atoms with Crippen LogP contribution in [0.5, 0.6) is 0 Å². The fourth-order valence-corrected chi connectivity index (χ4v) is 1.95. The Morgan fingerprint density at radius 3 is 2.73 bits per heavy atom. The molecular formula is C11H12F3N. The van der Waals surface area contributed by atoms with Gasteiger partial charge >= 0.3 is 0 Å². The number of hydrogen-bond acceptors (Lipinski definition) is 1. The molecule has 4 heteroatoms. The highest BCUT2D eigenvalue weighted by atomic mass is 19.2. The summed E-state index contributed by atoms with van der Waals surface area (Å²) < 4.78 is 39.0. The fraction of sp³-hybridized carbons (Fsp3) is 0.455. The SMILES string of the molecule is Fc1cc(F)c(F)c(CC2CCCN2)c1. The highest BCUT2D eigenvalue weighted by molar-refractivity contribution is 5.21. The van der Waals surface area contributed by atoms with Gasteiger partial charge in [-0.05, 0) is 37.4 Å². The highest BCUT2D eigenvalue weighted by Crippen LogP contribution is 2.18. The molecule has 2 rings (SSSR count). The van der Waals surface area contributed by atoms with Gasteiger partial charge < -0.3 is 5.32 Å². The molecule has 0 saturated carbocycles. The lowest BCUT2D eigenvalue weighted by atomic mass is 10.0. The van der Waals surface area contributed by atoms with E-state index in [4.69, 9.17) is 0 Å². The first-order valence-electron chi connectivity index (χ1n) is 5.03.